The van der Waals surface area contributed by atoms with Gasteiger partial charge < -0.3 is 0 Å². The number of hydrogen-bond donors (Lipinski definition) is 0. The zero-order chi connectivity index (χ0) is 16.3. The molecule has 2 aromatic rings. The van der Waals surface area contributed by atoms with Gasteiger partial charge in [-0.25, -0.2) is 0 Å². The zero-order valence-electron chi connectivity index (χ0n) is 14.8. The highest BCUT2D eigenvalue weighted by Crippen LogP contribution is 2.44. The van der Waals surface area contributed by atoms with E-state index in [0.29, 0.717) is 0 Å². The van der Waals surface area contributed by atoms with Gasteiger partial charge in [-0.3, -0.25) is 0 Å². The smallest absolute Gasteiger partial charge is 0.0202 e. The molecule has 0 unspecified atom stereocenters. The Morgan fingerprint density at radius 3 is 1.26 bits per heavy atom. The van der Waals surface area contributed by atoms with E-state index in [0.717, 1.165) is 0 Å². The van der Waals surface area contributed by atoms with E-state index in [1.807, 2.05) is 27.7 Å². The molecule has 0 heterocycles. The summed E-state index contributed by atoms with van der Waals surface area (Å²) in [5, 5.41) is 0. The Kier molecular flexibility index (Phi) is 11.1. The van der Waals surface area contributed by atoms with E-state index in [1.54, 1.807) is 0 Å². The van der Waals surface area contributed by atoms with Crippen LogP contribution in [0.3, 0.4) is 0 Å². The molecule has 1 saturated carbocycles. The van der Waals surface area contributed by atoms with Gasteiger partial charge in [-0.1, -0.05) is 115 Å². The Morgan fingerprint density at radius 1 is 0.565 bits per heavy atom. The van der Waals surface area contributed by atoms with Crippen LogP contribution in [0.4, 0.5) is 0 Å². The highest BCUT2D eigenvalue weighted by molar-refractivity contribution is 5.39. The topological polar surface area (TPSA) is 0 Å². The molecule has 0 bridgehead atoms. The number of rotatable bonds is 2. The van der Waals surface area contributed by atoms with E-state index in [1.165, 1.54) is 43.2 Å². The molecule has 0 aliphatic heterocycles. The molecule has 2 aromatic carbocycles. The Bertz CT molecular complexity index is 436. The predicted octanol–water partition coefficient (Wildman–Crippen LogP) is 7.63. The lowest BCUT2D eigenvalue weighted by Crippen LogP contribution is -2.30. The lowest BCUT2D eigenvalue weighted by molar-refractivity contribution is 0.346. The second-order valence-electron chi connectivity index (χ2n) is 5.37. The first kappa shape index (κ1) is 21.4. The Morgan fingerprint density at radius 2 is 0.913 bits per heavy atom. The van der Waals surface area contributed by atoms with Crippen LogP contribution in [0.2, 0.25) is 0 Å². The Hall–Kier alpha value is -1.56. The minimum atomic E-state index is 0. The van der Waals surface area contributed by atoms with Crippen molar-refractivity contribution in [2.75, 3.05) is 0 Å². The van der Waals surface area contributed by atoms with Gasteiger partial charge in [0.15, 0.2) is 0 Å². The van der Waals surface area contributed by atoms with E-state index in [-0.39, 0.29) is 12.8 Å². The summed E-state index contributed by atoms with van der Waals surface area (Å²) in [6.07, 6.45) is 6.68. The van der Waals surface area contributed by atoms with Gasteiger partial charge in [0.05, 0.1) is 0 Å². The summed E-state index contributed by atoms with van der Waals surface area (Å²) in [6.45, 7) is 8.00. The summed E-state index contributed by atoms with van der Waals surface area (Å²) in [4.78, 5) is 0. The van der Waals surface area contributed by atoms with Crippen molar-refractivity contribution in [3.05, 3.63) is 71.8 Å². The predicted molar refractivity (Wildman–Crippen MR) is 106 cm³/mol. The highest BCUT2D eigenvalue weighted by Gasteiger charge is 2.35. The summed E-state index contributed by atoms with van der Waals surface area (Å²) in [5.41, 5.74) is 3.26. The van der Waals surface area contributed by atoms with Crippen molar-refractivity contribution < 1.29 is 0 Å². The van der Waals surface area contributed by atoms with Crippen molar-refractivity contribution in [3.63, 3.8) is 0 Å². The lowest BCUT2D eigenvalue weighted by atomic mass is 9.65. The molecule has 23 heavy (non-hydrogen) atoms. The summed E-state index contributed by atoms with van der Waals surface area (Å²) >= 11 is 0. The van der Waals surface area contributed by atoms with E-state index >= 15 is 0 Å². The molecule has 128 valence electrons. The molecular weight excluding hydrogens is 276 g/mol. The van der Waals surface area contributed by atoms with Crippen LogP contribution in [0.15, 0.2) is 60.7 Å². The van der Waals surface area contributed by atoms with Crippen LogP contribution >= 0.6 is 0 Å². The van der Waals surface area contributed by atoms with Crippen LogP contribution in [-0.2, 0) is 5.41 Å². The fraction of sp³-hybridized carbons (Fsp3) is 0.478. The lowest BCUT2D eigenvalue weighted by Gasteiger charge is -2.38. The summed E-state index contributed by atoms with van der Waals surface area (Å²) in [7, 11) is 0. The van der Waals surface area contributed by atoms with Crippen LogP contribution < -0.4 is 0 Å². The summed E-state index contributed by atoms with van der Waals surface area (Å²) in [6, 6.07) is 22.1. The molecule has 0 saturated heterocycles. The zero-order valence-corrected chi connectivity index (χ0v) is 14.8. The summed E-state index contributed by atoms with van der Waals surface area (Å²) < 4.78 is 0. The standard InChI is InChI=1S/C18H20.2C2H6.CH4/c1-4-10-16(11-5-1)18(14-8-3-9-15-18)17-12-6-2-7-13-17;2*1-2;/h1-2,4-7,10-13H,3,8-9,14-15H2;2*1-2H3;1H4. The minimum absolute atomic E-state index is 0. The molecule has 3 rings (SSSR count). The van der Waals surface area contributed by atoms with Gasteiger partial charge in [0.2, 0.25) is 0 Å². The molecule has 0 heteroatoms. The van der Waals surface area contributed by atoms with Gasteiger partial charge in [0.25, 0.3) is 0 Å². The molecular formula is C23H36. The molecule has 0 amide bonds. The van der Waals surface area contributed by atoms with Crippen LogP contribution in [0.1, 0.15) is 78.4 Å². The fourth-order valence-corrected chi connectivity index (χ4v) is 3.41. The molecule has 0 nitrogen and oxygen atoms in total. The van der Waals surface area contributed by atoms with Gasteiger partial charge in [-0.15, -0.1) is 0 Å². The van der Waals surface area contributed by atoms with Crippen LogP contribution in [0, 0.1) is 0 Å². The summed E-state index contributed by atoms with van der Waals surface area (Å²) in [5.74, 6) is 0. The van der Waals surface area contributed by atoms with Gasteiger partial charge in [-0.2, -0.15) is 0 Å². The van der Waals surface area contributed by atoms with Crippen LogP contribution in [0.25, 0.3) is 0 Å². The third-order valence-electron chi connectivity index (χ3n) is 4.36. The SMILES string of the molecule is C.CC.CC.c1ccc(C2(c3ccccc3)CCCCC2)cc1. The van der Waals surface area contributed by atoms with Crippen molar-refractivity contribution in [2.24, 2.45) is 0 Å². The molecule has 0 atom stereocenters. The fourth-order valence-electron chi connectivity index (χ4n) is 3.41. The maximum Gasteiger partial charge on any atom is 0.0202 e. The van der Waals surface area contributed by atoms with E-state index in [4.69, 9.17) is 0 Å². The minimum Gasteiger partial charge on any atom is -0.0776 e. The average molecular weight is 313 g/mol. The van der Waals surface area contributed by atoms with Crippen LogP contribution in [0.5, 0.6) is 0 Å². The quantitative estimate of drug-likeness (QED) is 0.535. The molecule has 1 fully saturated rings. The van der Waals surface area contributed by atoms with E-state index in [9.17, 15) is 0 Å². The Labute approximate surface area is 145 Å². The van der Waals surface area contributed by atoms with Crippen molar-refractivity contribution in [3.8, 4) is 0 Å². The normalized spacial score (nSPS) is 15.0. The number of benzene rings is 2. The average Bonchev–Trinajstić information content (AvgIpc) is 2.67. The van der Waals surface area contributed by atoms with Gasteiger partial charge in [0, 0.05) is 5.41 Å². The first-order valence-electron chi connectivity index (χ1n) is 9.03. The second kappa shape index (κ2) is 11.9. The van der Waals surface area contributed by atoms with Gasteiger partial charge >= 0.3 is 0 Å². The molecule has 0 N–H and O–H groups in total. The molecule has 1 aliphatic rings. The van der Waals surface area contributed by atoms with Crippen molar-refractivity contribution in [2.45, 2.75) is 72.6 Å². The third kappa shape index (κ3) is 5.23. The largest absolute Gasteiger partial charge is 0.0776 e. The van der Waals surface area contributed by atoms with Crippen molar-refractivity contribution in [1.29, 1.82) is 0 Å². The monoisotopic (exact) mass is 312 g/mol. The van der Waals surface area contributed by atoms with E-state index in [2.05, 4.69) is 60.7 Å². The third-order valence-corrected chi connectivity index (χ3v) is 4.36. The van der Waals surface area contributed by atoms with Gasteiger partial charge in [0.1, 0.15) is 0 Å². The highest BCUT2D eigenvalue weighted by atomic mass is 14.4. The first-order valence-corrected chi connectivity index (χ1v) is 9.03. The van der Waals surface area contributed by atoms with Crippen molar-refractivity contribution in [1.82, 2.24) is 0 Å². The van der Waals surface area contributed by atoms with Gasteiger partial charge in [-0.05, 0) is 24.0 Å². The molecule has 0 aromatic heterocycles. The maximum absolute atomic E-state index is 2.30. The Balaban J connectivity index is 0.000000901. The maximum atomic E-state index is 2.30. The second-order valence-corrected chi connectivity index (χ2v) is 5.37. The first-order chi connectivity index (χ1) is 10.9. The van der Waals surface area contributed by atoms with Crippen LogP contribution in [-0.4, -0.2) is 0 Å². The number of hydrogen-bond acceptors (Lipinski definition) is 0. The molecule has 0 spiro atoms. The molecule has 0 radical (unpaired) electrons. The van der Waals surface area contributed by atoms with Crippen molar-refractivity contribution >= 4 is 0 Å². The molecule has 1 aliphatic carbocycles. The van der Waals surface area contributed by atoms with E-state index < -0.39 is 0 Å².